The molecule has 0 fully saturated rings. The van der Waals surface area contributed by atoms with Crippen molar-refractivity contribution in [1.82, 2.24) is 10.3 Å². The molecule has 5 nitrogen and oxygen atoms in total. The molecule has 0 aliphatic carbocycles. The van der Waals surface area contributed by atoms with Crippen LogP contribution in [0, 0.1) is 0 Å². The number of thiazole rings is 1. The van der Waals surface area contributed by atoms with Gasteiger partial charge in [-0.15, -0.1) is 11.3 Å². The number of carbonyl (C=O) groups excluding carboxylic acids is 2. The molecule has 4 aromatic rings. The van der Waals surface area contributed by atoms with E-state index in [-0.39, 0.29) is 18.2 Å². The second kappa shape index (κ2) is 9.58. The third-order valence-electron chi connectivity index (χ3n) is 5.24. The minimum atomic E-state index is -0.681. The summed E-state index contributed by atoms with van der Waals surface area (Å²) in [6, 6.07) is 28.7. The van der Waals surface area contributed by atoms with Crippen molar-refractivity contribution in [2.24, 2.45) is 0 Å². The van der Waals surface area contributed by atoms with Crippen LogP contribution in [0.15, 0.2) is 96.4 Å². The Bertz CT molecular complexity index is 1150. The van der Waals surface area contributed by atoms with Gasteiger partial charge in [-0.05, 0) is 30.2 Å². The number of nitrogens with zero attached hydrogens (tertiary/aromatic N) is 1. The van der Waals surface area contributed by atoms with Crippen LogP contribution in [0.3, 0.4) is 0 Å². The van der Waals surface area contributed by atoms with Crippen molar-refractivity contribution in [2.45, 2.75) is 18.9 Å². The number of amides is 2. The molecule has 0 atom stereocenters. The summed E-state index contributed by atoms with van der Waals surface area (Å²) in [5.74, 6) is -0.372. The molecule has 160 valence electrons. The Balaban J connectivity index is 1.47. The van der Waals surface area contributed by atoms with Gasteiger partial charge in [-0.25, -0.2) is 4.98 Å². The lowest BCUT2D eigenvalue weighted by Gasteiger charge is -2.32. The van der Waals surface area contributed by atoms with Crippen LogP contribution in [-0.2, 0) is 16.8 Å². The lowest BCUT2D eigenvalue weighted by Crippen LogP contribution is -2.45. The van der Waals surface area contributed by atoms with Gasteiger partial charge >= 0.3 is 0 Å². The average Bonchev–Trinajstić information content (AvgIpc) is 3.27. The molecule has 0 aliphatic rings. The SMILES string of the molecule is CC(NC(=O)Cc1csc(NC(=O)c2ccccc2)n1)(c1ccccc1)c1ccccc1. The molecule has 1 heterocycles. The van der Waals surface area contributed by atoms with Crippen LogP contribution >= 0.6 is 11.3 Å². The molecule has 0 bridgehead atoms. The number of rotatable bonds is 7. The average molecular weight is 442 g/mol. The van der Waals surface area contributed by atoms with E-state index in [9.17, 15) is 9.59 Å². The van der Waals surface area contributed by atoms with Crippen LogP contribution in [0.1, 0.15) is 34.1 Å². The maximum Gasteiger partial charge on any atom is 0.257 e. The van der Waals surface area contributed by atoms with Crippen LogP contribution in [-0.4, -0.2) is 16.8 Å². The highest BCUT2D eigenvalue weighted by atomic mass is 32.1. The Morgan fingerprint density at radius 1 is 0.844 bits per heavy atom. The zero-order valence-corrected chi connectivity index (χ0v) is 18.4. The highest BCUT2D eigenvalue weighted by Crippen LogP contribution is 2.29. The van der Waals surface area contributed by atoms with Gasteiger partial charge in [0.25, 0.3) is 5.91 Å². The number of nitrogens with one attached hydrogen (secondary N) is 2. The summed E-state index contributed by atoms with van der Waals surface area (Å²) >= 11 is 1.30. The number of hydrogen-bond donors (Lipinski definition) is 2. The number of aromatic nitrogens is 1. The Kier molecular flexibility index (Phi) is 6.42. The van der Waals surface area contributed by atoms with Crippen LogP contribution in [0.25, 0.3) is 0 Å². The zero-order valence-electron chi connectivity index (χ0n) is 17.6. The first-order valence-electron chi connectivity index (χ1n) is 10.3. The monoisotopic (exact) mass is 441 g/mol. The van der Waals surface area contributed by atoms with Gasteiger partial charge in [-0.1, -0.05) is 78.9 Å². The fourth-order valence-corrected chi connectivity index (χ4v) is 4.25. The lowest BCUT2D eigenvalue weighted by atomic mass is 9.84. The van der Waals surface area contributed by atoms with E-state index in [1.54, 1.807) is 17.5 Å². The van der Waals surface area contributed by atoms with E-state index in [0.29, 0.717) is 16.4 Å². The minimum absolute atomic E-state index is 0.118. The number of anilines is 1. The van der Waals surface area contributed by atoms with E-state index in [1.165, 1.54) is 11.3 Å². The topological polar surface area (TPSA) is 71.1 Å². The molecule has 6 heteroatoms. The molecule has 2 amide bonds. The number of benzene rings is 3. The fourth-order valence-electron chi connectivity index (χ4n) is 3.55. The highest BCUT2D eigenvalue weighted by molar-refractivity contribution is 7.14. The van der Waals surface area contributed by atoms with Gasteiger partial charge < -0.3 is 5.32 Å². The van der Waals surface area contributed by atoms with E-state index in [4.69, 9.17) is 0 Å². The van der Waals surface area contributed by atoms with E-state index in [1.807, 2.05) is 85.8 Å². The molecule has 1 aromatic heterocycles. The summed E-state index contributed by atoms with van der Waals surface area (Å²) in [5, 5.41) is 8.24. The Morgan fingerprint density at radius 2 is 1.38 bits per heavy atom. The van der Waals surface area contributed by atoms with Crippen molar-refractivity contribution in [3.8, 4) is 0 Å². The molecular formula is C26H23N3O2S. The number of hydrogen-bond acceptors (Lipinski definition) is 4. The highest BCUT2D eigenvalue weighted by Gasteiger charge is 2.30. The molecule has 0 unspecified atom stereocenters. The van der Waals surface area contributed by atoms with Gasteiger partial charge in [0.15, 0.2) is 5.13 Å². The Hall–Kier alpha value is -3.77. The minimum Gasteiger partial charge on any atom is -0.342 e. The van der Waals surface area contributed by atoms with Gasteiger partial charge in [0.05, 0.1) is 17.7 Å². The standard InChI is InChI=1S/C26H23N3O2S/c1-26(20-13-7-3-8-14-20,21-15-9-4-10-16-21)29-23(30)17-22-18-32-25(27-22)28-24(31)19-11-5-2-6-12-19/h2-16,18H,17H2,1H3,(H,29,30)(H,27,28,31). The Labute approximate surface area is 191 Å². The van der Waals surface area contributed by atoms with Crippen LogP contribution in [0.5, 0.6) is 0 Å². The molecule has 32 heavy (non-hydrogen) atoms. The summed E-state index contributed by atoms with van der Waals surface area (Å²) in [7, 11) is 0. The summed E-state index contributed by atoms with van der Waals surface area (Å²) in [6.45, 7) is 2.00. The van der Waals surface area contributed by atoms with E-state index in [2.05, 4.69) is 15.6 Å². The summed E-state index contributed by atoms with van der Waals surface area (Å²) < 4.78 is 0. The van der Waals surface area contributed by atoms with Gasteiger partial charge in [-0.3, -0.25) is 14.9 Å². The quantitative estimate of drug-likeness (QED) is 0.423. The van der Waals surface area contributed by atoms with Crippen LogP contribution < -0.4 is 10.6 Å². The maximum atomic E-state index is 13.0. The predicted molar refractivity (Wildman–Crippen MR) is 128 cm³/mol. The van der Waals surface area contributed by atoms with Gasteiger partial charge in [-0.2, -0.15) is 0 Å². The first-order valence-corrected chi connectivity index (χ1v) is 11.2. The van der Waals surface area contributed by atoms with Crippen molar-refractivity contribution in [3.05, 3.63) is 119 Å². The molecular weight excluding hydrogens is 418 g/mol. The summed E-state index contributed by atoms with van der Waals surface area (Å²) in [4.78, 5) is 29.7. The van der Waals surface area contributed by atoms with Gasteiger partial charge in [0.1, 0.15) is 0 Å². The van der Waals surface area contributed by atoms with Crippen molar-refractivity contribution in [2.75, 3.05) is 5.32 Å². The smallest absolute Gasteiger partial charge is 0.257 e. The molecule has 0 aliphatic heterocycles. The van der Waals surface area contributed by atoms with E-state index < -0.39 is 5.54 Å². The molecule has 4 rings (SSSR count). The molecule has 0 radical (unpaired) electrons. The van der Waals surface area contributed by atoms with Crippen molar-refractivity contribution < 1.29 is 9.59 Å². The third kappa shape index (κ3) is 4.92. The fraction of sp³-hybridized carbons (Fsp3) is 0.115. The summed E-state index contributed by atoms with van der Waals surface area (Å²) in [6.07, 6.45) is 0.118. The van der Waals surface area contributed by atoms with Gasteiger partial charge in [0.2, 0.25) is 5.91 Å². The second-order valence-corrected chi connectivity index (χ2v) is 8.40. The zero-order chi connectivity index (χ0) is 22.4. The summed E-state index contributed by atoms with van der Waals surface area (Å²) in [5.41, 5.74) is 2.48. The molecule has 0 spiro atoms. The Morgan fingerprint density at radius 3 is 1.94 bits per heavy atom. The second-order valence-electron chi connectivity index (χ2n) is 7.55. The van der Waals surface area contributed by atoms with E-state index in [0.717, 1.165) is 11.1 Å². The maximum absolute atomic E-state index is 13.0. The van der Waals surface area contributed by atoms with E-state index >= 15 is 0 Å². The molecule has 2 N–H and O–H groups in total. The molecule has 3 aromatic carbocycles. The van der Waals surface area contributed by atoms with Gasteiger partial charge in [0, 0.05) is 10.9 Å². The number of carbonyl (C=O) groups is 2. The molecule has 0 saturated heterocycles. The first-order chi connectivity index (χ1) is 15.5. The van der Waals surface area contributed by atoms with Crippen molar-refractivity contribution in [3.63, 3.8) is 0 Å². The normalized spacial score (nSPS) is 11.0. The van der Waals surface area contributed by atoms with Crippen molar-refractivity contribution in [1.29, 1.82) is 0 Å². The first kappa shape index (κ1) is 21.5. The third-order valence-corrected chi connectivity index (χ3v) is 6.05. The van der Waals surface area contributed by atoms with Crippen molar-refractivity contribution >= 4 is 28.3 Å². The largest absolute Gasteiger partial charge is 0.342 e. The lowest BCUT2D eigenvalue weighted by molar-refractivity contribution is -0.121. The molecule has 0 saturated carbocycles. The van der Waals surface area contributed by atoms with Crippen LogP contribution in [0.4, 0.5) is 5.13 Å². The predicted octanol–water partition coefficient (Wildman–Crippen LogP) is 5.02. The van der Waals surface area contributed by atoms with Crippen LogP contribution in [0.2, 0.25) is 0 Å².